The molecular formula is C15H19NO7. The first-order chi connectivity index (χ1) is 10.9. The minimum Gasteiger partial charge on any atom is -0.494 e. The molecule has 0 aliphatic carbocycles. The Hall–Kier alpha value is -2.77. The van der Waals surface area contributed by atoms with E-state index >= 15 is 0 Å². The second-order valence-electron chi connectivity index (χ2n) is 4.58. The first-order valence-electron chi connectivity index (χ1n) is 7.02. The molecule has 0 heterocycles. The number of hydrogen-bond donors (Lipinski definition) is 3. The Morgan fingerprint density at radius 1 is 1.09 bits per heavy atom. The number of nitrogens with one attached hydrogen (secondary N) is 1. The van der Waals surface area contributed by atoms with Crippen LogP contribution in [0.2, 0.25) is 0 Å². The molecule has 1 unspecified atom stereocenters. The van der Waals surface area contributed by atoms with Gasteiger partial charge in [0.2, 0.25) is 0 Å². The highest BCUT2D eigenvalue weighted by Crippen LogP contribution is 2.17. The van der Waals surface area contributed by atoms with Crippen LogP contribution >= 0.6 is 0 Å². The Morgan fingerprint density at radius 3 is 2.13 bits per heavy atom. The monoisotopic (exact) mass is 325 g/mol. The lowest BCUT2D eigenvalue weighted by atomic mass is 10.1. The van der Waals surface area contributed by atoms with Gasteiger partial charge in [0.25, 0.3) is 5.91 Å². The Labute approximate surface area is 133 Å². The summed E-state index contributed by atoms with van der Waals surface area (Å²) in [5.74, 6) is -1.96. The van der Waals surface area contributed by atoms with Crippen molar-refractivity contribution < 1.29 is 34.1 Å². The minimum atomic E-state index is -1.29. The van der Waals surface area contributed by atoms with Crippen LogP contribution in [0.5, 0.6) is 11.5 Å². The zero-order valence-corrected chi connectivity index (χ0v) is 12.7. The molecule has 0 spiro atoms. The maximum Gasteiger partial charge on any atom is 0.326 e. The first kappa shape index (κ1) is 18.3. The van der Waals surface area contributed by atoms with Crippen LogP contribution in [0.15, 0.2) is 24.3 Å². The molecule has 0 saturated heterocycles. The highest BCUT2D eigenvalue weighted by Gasteiger charge is 2.21. The standard InChI is InChI=1S/C15H19NO7/c1-2-22-10-3-5-11(6-4-10)23-9-13(17)16-12(15(20)21)7-8-14(18)19/h3-6,12H,2,7-9H2,1H3,(H,16,17)(H,18,19)(H,20,21). The summed E-state index contributed by atoms with van der Waals surface area (Å²) in [6.45, 7) is 2.03. The Kier molecular flexibility index (Phi) is 7.38. The molecule has 1 amide bonds. The van der Waals surface area contributed by atoms with Crippen molar-refractivity contribution in [3.8, 4) is 11.5 Å². The van der Waals surface area contributed by atoms with Crippen LogP contribution in [0.25, 0.3) is 0 Å². The first-order valence-corrected chi connectivity index (χ1v) is 7.02. The van der Waals surface area contributed by atoms with E-state index in [0.29, 0.717) is 18.1 Å². The van der Waals surface area contributed by atoms with Crippen molar-refractivity contribution in [3.05, 3.63) is 24.3 Å². The van der Waals surface area contributed by atoms with Gasteiger partial charge < -0.3 is 25.0 Å². The van der Waals surface area contributed by atoms with Crippen molar-refractivity contribution in [2.45, 2.75) is 25.8 Å². The largest absolute Gasteiger partial charge is 0.494 e. The van der Waals surface area contributed by atoms with Crippen LogP contribution in [0.1, 0.15) is 19.8 Å². The molecular weight excluding hydrogens is 306 g/mol. The van der Waals surface area contributed by atoms with E-state index in [-0.39, 0.29) is 19.4 Å². The molecule has 0 aliphatic heterocycles. The van der Waals surface area contributed by atoms with Crippen molar-refractivity contribution in [2.24, 2.45) is 0 Å². The Morgan fingerprint density at radius 2 is 1.65 bits per heavy atom. The summed E-state index contributed by atoms with van der Waals surface area (Å²) < 4.78 is 10.5. The Balaban J connectivity index is 2.45. The third-order valence-corrected chi connectivity index (χ3v) is 2.78. The third-order valence-electron chi connectivity index (χ3n) is 2.78. The predicted molar refractivity (Wildman–Crippen MR) is 79.5 cm³/mol. The van der Waals surface area contributed by atoms with Crippen molar-refractivity contribution in [1.82, 2.24) is 5.32 Å². The number of carbonyl (C=O) groups is 3. The molecule has 8 heteroatoms. The third kappa shape index (κ3) is 7.16. The normalized spacial score (nSPS) is 11.3. The van der Waals surface area contributed by atoms with Gasteiger partial charge in [-0.25, -0.2) is 4.79 Å². The number of hydrogen-bond acceptors (Lipinski definition) is 5. The number of carbonyl (C=O) groups excluding carboxylic acids is 1. The molecule has 1 aromatic rings. The van der Waals surface area contributed by atoms with Crippen molar-refractivity contribution in [1.29, 1.82) is 0 Å². The van der Waals surface area contributed by atoms with Gasteiger partial charge in [-0.3, -0.25) is 9.59 Å². The van der Waals surface area contributed by atoms with Crippen molar-refractivity contribution >= 4 is 17.8 Å². The quantitative estimate of drug-likeness (QED) is 0.584. The maximum absolute atomic E-state index is 11.7. The molecule has 1 rings (SSSR count). The van der Waals surface area contributed by atoms with Gasteiger partial charge in [-0.2, -0.15) is 0 Å². The number of rotatable bonds is 10. The highest BCUT2D eigenvalue weighted by molar-refractivity contribution is 5.84. The van der Waals surface area contributed by atoms with Crippen LogP contribution in [0, 0.1) is 0 Å². The number of ether oxygens (including phenoxy) is 2. The molecule has 0 fully saturated rings. The van der Waals surface area contributed by atoms with Crippen LogP contribution in [0.4, 0.5) is 0 Å². The number of benzene rings is 1. The molecule has 0 bridgehead atoms. The predicted octanol–water partition coefficient (Wildman–Crippen LogP) is 0.898. The lowest BCUT2D eigenvalue weighted by molar-refractivity contribution is -0.143. The number of carboxylic acids is 2. The lowest BCUT2D eigenvalue weighted by Gasteiger charge is -2.14. The van der Waals surface area contributed by atoms with Gasteiger partial charge in [-0.05, 0) is 37.6 Å². The number of carboxylic acid groups (broad SMARTS) is 2. The summed E-state index contributed by atoms with van der Waals surface area (Å²) in [7, 11) is 0. The number of aliphatic carboxylic acids is 2. The van der Waals surface area contributed by atoms with Crippen LogP contribution in [-0.2, 0) is 14.4 Å². The van der Waals surface area contributed by atoms with Gasteiger partial charge in [-0.15, -0.1) is 0 Å². The fourth-order valence-electron chi connectivity index (χ4n) is 1.71. The van der Waals surface area contributed by atoms with E-state index in [2.05, 4.69) is 5.32 Å². The summed E-state index contributed by atoms with van der Waals surface area (Å²) in [6.07, 6.45) is -0.545. The fraction of sp³-hybridized carbons (Fsp3) is 0.400. The van der Waals surface area contributed by atoms with Crippen LogP contribution in [-0.4, -0.2) is 47.3 Å². The lowest BCUT2D eigenvalue weighted by Crippen LogP contribution is -2.43. The molecule has 0 radical (unpaired) electrons. The average Bonchev–Trinajstić information content (AvgIpc) is 2.50. The van der Waals surface area contributed by atoms with E-state index in [9.17, 15) is 14.4 Å². The molecule has 126 valence electrons. The molecule has 1 aromatic carbocycles. The number of amides is 1. The molecule has 0 aromatic heterocycles. The molecule has 23 heavy (non-hydrogen) atoms. The maximum atomic E-state index is 11.7. The van der Waals surface area contributed by atoms with E-state index in [0.717, 1.165) is 0 Å². The highest BCUT2D eigenvalue weighted by atomic mass is 16.5. The van der Waals surface area contributed by atoms with E-state index < -0.39 is 23.9 Å². The van der Waals surface area contributed by atoms with Crippen molar-refractivity contribution in [2.75, 3.05) is 13.2 Å². The molecule has 0 saturated carbocycles. The second-order valence-corrected chi connectivity index (χ2v) is 4.58. The van der Waals surface area contributed by atoms with E-state index in [1.165, 1.54) is 0 Å². The van der Waals surface area contributed by atoms with Gasteiger partial charge in [0, 0.05) is 6.42 Å². The molecule has 8 nitrogen and oxygen atoms in total. The fourth-order valence-corrected chi connectivity index (χ4v) is 1.71. The summed E-state index contributed by atoms with van der Waals surface area (Å²) >= 11 is 0. The Bertz CT molecular complexity index is 541. The van der Waals surface area contributed by atoms with E-state index in [1.807, 2.05) is 6.92 Å². The zero-order valence-electron chi connectivity index (χ0n) is 12.7. The van der Waals surface area contributed by atoms with E-state index in [1.54, 1.807) is 24.3 Å². The molecule has 1 atom stereocenters. The van der Waals surface area contributed by atoms with E-state index in [4.69, 9.17) is 19.7 Å². The van der Waals surface area contributed by atoms with Gasteiger partial charge >= 0.3 is 11.9 Å². The zero-order chi connectivity index (χ0) is 17.2. The van der Waals surface area contributed by atoms with Gasteiger partial charge in [0.05, 0.1) is 6.61 Å². The average molecular weight is 325 g/mol. The SMILES string of the molecule is CCOc1ccc(OCC(=O)NC(CCC(=O)O)C(=O)O)cc1. The topological polar surface area (TPSA) is 122 Å². The van der Waals surface area contributed by atoms with Gasteiger partial charge in [0.1, 0.15) is 17.5 Å². The van der Waals surface area contributed by atoms with Gasteiger partial charge in [0.15, 0.2) is 6.61 Å². The summed E-state index contributed by atoms with van der Waals surface area (Å²) in [5.41, 5.74) is 0. The van der Waals surface area contributed by atoms with Gasteiger partial charge in [-0.1, -0.05) is 0 Å². The van der Waals surface area contributed by atoms with Crippen molar-refractivity contribution in [3.63, 3.8) is 0 Å². The molecule has 0 aliphatic rings. The summed E-state index contributed by atoms with van der Waals surface area (Å²) in [5, 5.41) is 19.7. The minimum absolute atomic E-state index is 0.195. The van der Waals surface area contributed by atoms with Crippen LogP contribution < -0.4 is 14.8 Å². The summed E-state index contributed by atoms with van der Waals surface area (Å²) in [4.78, 5) is 33.1. The second kappa shape index (κ2) is 9.29. The molecule has 3 N–H and O–H groups in total. The van der Waals surface area contributed by atoms with Crippen LogP contribution in [0.3, 0.4) is 0 Å². The smallest absolute Gasteiger partial charge is 0.326 e. The summed E-state index contributed by atoms with van der Waals surface area (Å²) in [6, 6.07) is 5.35.